The van der Waals surface area contributed by atoms with Crippen molar-refractivity contribution in [3.05, 3.63) is 101 Å². The van der Waals surface area contributed by atoms with Gasteiger partial charge in [-0.15, -0.1) is 0 Å². The molecule has 2 fully saturated rings. The lowest BCUT2D eigenvalue weighted by Crippen LogP contribution is -2.50. The van der Waals surface area contributed by atoms with E-state index in [2.05, 4.69) is 22.0 Å². The molecule has 2 aliphatic rings. The minimum absolute atomic E-state index is 0.000743. The Bertz CT molecular complexity index is 1180. The molecule has 2 aromatic carbocycles. The van der Waals surface area contributed by atoms with Crippen LogP contribution in [0.3, 0.4) is 0 Å². The molecule has 0 N–H and O–H groups in total. The monoisotopic (exact) mass is 493 g/mol. The van der Waals surface area contributed by atoms with E-state index in [0.29, 0.717) is 18.8 Å². The van der Waals surface area contributed by atoms with Crippen LogP contribution in [0.2, 0.25) is 0 Å². The van der Waals surface area contributed by atoms with Gasteiger partial charge in [0.25, 0.3) is 5.91 Å². The lowest BCUT2D eigenvalue weighted by atomic mass is 9.84. The third-order valence-corrected chi connectivity index (χ3v) is 7.40. The molecule has 1 atom stereocenters. The van der Waals surface area contributed by atoms with Gasteiger partial charge in [0.2, 0.25) is 0 Å². The van der Waals surface area contributed by atoms with Gasteiger partial charge in [-0.05, 0) is 80.9 Å². The van der Waals surface area contributed by atoms with Gasteiger partial charge in [0.05, 0.1) is 0 Å². The Labute approximate surface area is 209 Å². The van der Waals surface area contributed by atoms with Crippen LogP contribution in [0, 0.1) is 23.4 Å². The third-order valence-electron chi connectivity index (χ3n) is 7.40. The summed E-state index contributed by atoms with van der Waals surface area (Å²) in [5.41, 5.74) is 1.41. The van der Waals surface area contributed by atoms with E-state index in [4.69, 9.17) is 0 Å². The summed E-state index contributed by atoms with van der Waals surface area (Å²) in [4.78, 5) is 22.0. The number of benzene rings is 2. The first-order valence-corrected chi connectivity index (χ1v) is 12.6. The van der Waals surface area contributed by atoms with Gasteiger partial charge in [-0.2, -0.15) is 0 Å². The predicted octanol–water partition coefficient (Wildman–Crippen LogP) is 5.63. The average Bonchev–Trinajstić information content (AvgIpc) is 3.75. The molecule has 188 valence electrons. The molecule has 7 heteroatoms. The van der Waals surface area contributed by atoms with Crippen molar-refractivity contribution in [2.75, 3.05) is 13.1 Å². The van der Waals surface area contributed by atoms with Gasteiger partial charge in [-0.3, -0.25) is 14.7 Å². The number of hydrogen-bond donors (Lipinski definition) is 0. The van der Waals surface area contributed by atoms with E-state index < -0.39 is 17.5 Å². The van der Waals surface area contributed by atoms with Crippen molar-refractivity contribution in [1.29, 1.82) is 0 Å². The molecule has 1 saturated carbocycles. The van der Waals surface area contributed by atoms with Gasteiger partial charge in [-0.25, -0.2) is 13.2 Å². The number of likely N-dealkylation sites (tertiary alicyclic amines) is 1. The molecule has 0 radical (unpaired) electrons. The Kier molecular flexibility index (Phi) is 7.37. The van der Waals surface area contributed by atoms with Crippen LogP contribution in [0.5, 0.6) is 0 Å². The molecule has 1 aliphatic carbocycles. The summed E-state index contributed by atoms with van der Waals surface area (Å²) in [5.74, 6) is -2.67. The average molecular weight is 494 g/mol. The molecule has 4 nitrogen and oxygen atoms in total. The highest BCUT2D eigenvalue weighted by Gasteiger charge is 2.42. The van der Waals surface area contributed by atoms with E-state index >= 15 is 0 Å². The van der Waals surface area contributed by atoms with E-state index in [1.165, 1.54) is 5.56 Å². The lowest BCUT2D eigenvalue weighted by Gasteiger charge is -2.42. The van der Waals surface area contributed by atoms with Gasteiger partial charge in [0, 0.05) is 30.4 Å². The van der Waals surface area contributed by atoms with E-state index in [1.807, 2.05) is 29.2 Å². The molecule has 3 aromatic rings. The zero-order valence-corrected chi connectivity index (χ0v) is 20.1. The number of carbonyl (C=O) groups excluding carboxylic acids is 1. The molecule has 36 heavy (non-hydrogen) atoms. The molecule has 1 aromatic heterocycles. The Morgan fingerprint density at radius 2 is 1.61 bits per heavy atom. The molecular formula is C29H30F3N3O. The van der Waals surface area contributed by atoms with E-state index in [9.17, 15) is 18.0 Å². The number of nitrogens with zero attached hydrogens (tertiary/aromatic N) is 3. The van der Waals surface area contributed by atoms with Crippen LogP contribution in [0.15, 0.2) is 66.9 Å². The highest BCUT2D eigenvalue weighted by atomic mass is 19.2. The Balaban J connectivity index is 1.35. The quantitative estimate of drug-likeness (QED) is 0.382. The van der Waals surface area contributed by atoms with Crippen LogP contribution in [0.4, 0.5) is 13.2 Å². The summed E-state index contributed by atoms with van der Waals surface area (Å²) in [5, 5.41) is 0. The van der Waals surface area contributed by atoms with Crippen molar-refractivity contribution in [2.24, 2.45) is 5.92 Å². The number of amides is 1. The summed E-state index contributed by atoms with van der Waals surface area (Å²) in [6, 6.07) is 17.6. The van der Waals surface area contributed by atoms with Gasteiger partial charge < -0.3 is 4.90 Å². The van der Waals surface area contributed by atoms with Gasteiger partial charge >= 0.3 is 0 Å². The van der Waals surface area contributed by atoms with Crippen LogP contribution >= 0.6 is 0 Å². The van der Waals surface area contributed by atoms with Crippen molar-refractivity contribution >= 4 is 5.91 Å². The van der Waals surface area contributed by atoms with E-state index in [1.54, 1.807) is 18.3 Å². The van der Waals surface area contributed by atoms with Crippen molar-refractivity contribution < 1.29 is 18.0 Å². The first-order chi connectivity index (χ1) is 17.5. The van der Waals surface area contributed by atoms with Gasteiger partial charge in [0.15, 0.2) is 11.6 Å². The molecule has 0 unspecified atom stereocenters. The van der Waals surface area contributed by atoms with E-state index in [-0.39, 0.29) is 36.0 Å². The summed E-state index contributed by atoms with van der Waals surface area (Å²) in [6.45, 7) is 1.29. The molecule has 0 bridgehead atoms. The number of carbonyl (C=O) groups is 1. The minimum atomic E-state index is -1.11. The van der Waals surface area contributed by atoms with Crippen LogP contribution in [-0.2, 0) is 13.0 Å². The molecular weight excluding hydrogens is 463 g/mol. The van der Waals surface area contributed by atoms with Crippen molar-refractivity contribution in [1.82, 2.24) is 14.8 Å². The highest BCUT2D eigenvalue weighted by molar-refractivity contribution is 5.93. The van der Waals surface area contributed by atoms with Crippen LogP contribution in [0.1, 0.15) is 47.3 Å². The number of pyridine rings is 1. The number of hydrogen-bond acceptors (Lipinski definition) is 3. The predicted molar refractivity (Wildman–Crippen MR) is 132 cm³/mol. The van der Waals surface area contributed by atoms with Crippen LogP contribution in [0.25, 0.3) is 0 Å². The SMILES string of the molecule is O=C(c1ccccn1)N(C1CC1)[C@@H](Cc1ccccc1)C1CCN(Cc2c(F)ccc(F)c2F)CC1. The Hall–Kier alpha value is -3.19. The number of piperidine rings is 1. The van der Waals surface area contributed by atoms with Crippen molar-refractivity contribution in [3.63, 3.8) is 0 Å². The number of aromatic nitrogens is 1. The molecule has 1 saturated heterocycles. The minimum Gasteiger partial charge on any atom is -0.331 e. The lowest BCUT2D eigenvalue weighted by molar-refractivity contribution is 0.0475. The number of halogens is 3. The highest BCUT2D eigenvalue weighted by Crippen LogP contribution is 2.36. The maximum absolute atomic E-state index is 14.2. The van der Waals surface area contributed by atoms with Gasteiger partial charge in [0.1, 0.15) is 11.5 Å². The fourth-order valence-corrected chi connectivity index (χ4v) is 5.34. The normalized spacial score (nSPS) is 17.6. The standard InChI is InChI=1S/C29H30F3N3O/c30-24-11-12-25(31)28(32)23(24)19-34-16-13-21(14-17-34)27(18-20-6-2-1-3-7-20)35(22-9-10-22)29(36)26-8-4-5-15-33-26/h1-8,11-12,15,21-22,27H,9-10,13-14,16-19H2/t27-/m0/s1. The Morgan fingerprint density at radius 3 is 2.28 bits per heavy atom. The van der Waals surface area contributed by atoms with Crippen LogP contribution < -0.4 is 0 Å². The summed E-state index contributed by atoms with van der Waals surface area (Å²) in [7, 11) is 0. The molecule has 5 rings (SSSR count). The molecule has 1 amide bonds. The topological polar surface area (TPSA) is 36.4 Å². The van der Waals surface area contributed by atoms with Crippen LogP contribution in [-0.4, -0.2) is 45.9 Å². The maximum atomic E-state index is 14.2. The first-order valence-electron chi connectivity index (χ1n) is 12.6. The summed E-state index contributed by atoms with van der Waals surface area (Å²) in [6.07, 6.45) is 5.94. The van der Waals surface area contributed by atoms with Gasteiger partial charge in [-0.1, -0.05) is 36.4 Å². The summed E-state index contributed by atoms with van der Waals surface area (Å²) < 4.78 is 42.1. The second-order valence-electron chi connectivity index (χ2n) is 9.85. The van der Waals surface area contributed by atoms with Crippen molar-refractivity contribution in [3.8, 4) is 0 Å². The number of rotatable bonds is 8. The summed E-state index contributed by atoms with van der Waals surface area (Å²) >= 11 is 0. The second-order valence-corrected chi connectivity index (χ2v) is 9.85. The smallest absolute Gasteiger partial charge is 0.272 e. The molecule has 2 heterocycles. The molecule has 1 aliphatic heterocycles. The fraction of sp³-hybridized carbons (Fsp3) is 0.379. The van der Waals surface area contributed by atoms with Crippen molar-refractivity contribution in [2.45, 2.75) is 50.7 Å². The first kappa shape index (κ1) is 24.5. The fourth-order valence-electron chi connectivity index (χ4n) is 5.34. The molecule has 0 spiro atoms. The van der Waals surface area contributed by atoms with E-state index in [0.717, 1.165) is 44.2 Å². The zero-order chi connectivity index (χ0) is 25.1. The zero-order valence-electron chi connectivity index (χ0n) is 20.1. The Morgan fingerprint density at radius 1 is 0.917 bits per heavy atom. The maximum Gasteiger partial charge on any atom is 0.272 e. The third kappa shape index (κ3) is 5.46. The largest absolute Gasteiger partial charge is 0.331 e. The second kappa shape index (κ2) is 10.8.